The Kier molecular flexibility index (Phi) is 7.99. The van der Waals surface area contributed by atoms with Gasteiger partial charge in [-0.2, -0.15) is 0 Å². The minimum absolute atomic E-state index is 0.0612. The third-order valence-electron chi connectivity index (χ3n) is 6.05. The van der Waals surface area contributed by atoms with Crippen molar-refractivity contribution in [2.24, 2.45) is 0 Å². The lowest BCUT2D eigenvalue weighted by Crippen LogP contribution is -2.58. The molecule has 0 aliphatic carbocycles. The molecule has 1 unspecified atom stereocenters. The van der Waals surface area contributed by atoms with Crippen molar-refractivity contribution in [2.45, 2.75) is 44.1 Å². The van der Waals surface area contributed by atoms with Gasteiger partial charge in [0, 0.05) is 12.5 Å². The summed E-state index contributed by atoms with van der Waals surface area (Å²) in [6.45, 7) is 2.53. The predicted molar refractivity (Wildman–Crippen MR) is 133 cm³/mol. The van der Waals surface area contributed by atoms with Crippen LogP contribution in [0, 0.1) is 0 Å². The van der Waals surface area contributed by atoms with Gasteiger partial charge in [-0.3, -0.25) is 9.59 Å². The number of hydrogen-bond donors (Lipinski definition) is 1. The highest BCUT2D eigenvalue weighted by molar-refractivity contribution is 6.04. The fourth-order valence-electron chi connectivity index (χ4n) is 4.18. The summed E-state index contributed by atoms with van der Waals surface area (Å²) in [7, 11) is 0. The zero-order valence-electron chi connectivity index (χ0n) is 20.7. The van der Waals surface area contributed by atoms with Gasteiger partial charge in [0.25, 0.3) is 0 Å². The molecule has 1 fully saturated rings. The fourth-order valence-corrected chi connectivity index (χ4v) is 4.18. The zero-order chi connectivity index (χ0) is 27.3. The summed E-state index contributed by atoms with van der Waals surface area (Å²) in [6.07, 6.45) is -6.10. The van der Waals surface area contributed by atoms with Crippen LogP contribution in [0.25, 0.3) is 0 Å². The summed E-state index contributed by atoms with van der Waals surface area (Å²) in [5.41, 5.74) is -2.20. The molecular formula is C29H26O9. The van der Waals surface area contributed by atoms with E-state index in [0.29, 0.717) is 0 Å². The monoisotopic (exact) mass is 518 g/mol. The van der Waals surface area contributed by atoms with Gasteiger partial charge in [0.05, 0.1) is 11.1 Å². The quantitative estimate of drug-likeness (QED) is 0.271. The summed E-state index contributed by atoms with van der Waals surface area (Å²) in [5, 5.41) is 11.9. The zero-order valence-corrected chi connectivity index (χ0v) is 20.7. The van der Waals surface area contributed by atoms with Crippen LogP contribution in [0.2, 0.25) is 0 Å². The second kappa shape index (κ2) is 11.4. The largest absolute Gasteiger partial charge is 0.456 e. The Morgan fingerprint density at radius 3 is 1.74 bits per heavy atom. The summed E-state index contributed by atoms with van der Waals surface area (Å²) >= 11 is 0. The van der Waals surface area contributed by atoms with E-state index in [-0.39, 0.29) is 16.7 Å². The first-order valence-corrected chi connectivity index (χ1v) is 11.9. The molecular weight excluding hydrogens is 492 g/mol. The first-order chi connectivity index (χ1) is 18.2. The van der Waals surface area contributed by atoms with Gasteiger partial charge in [-0.1, -0.05) is 66.7 Å². The number of esters is 3. The molecule has 0 saturated carbocycles. The lowest BCUT2D eigenvalue weighted by atomic mass is 9.85. The third kappa shape index (κ3) is 5.49. The van der Waals surface area contributed by atoms with E-state index in [1.807, 2.05) is 0 Å². The van der Waals surface area contributed by atoms with Crippen LogP contribution in [0.1, 0.15) is 44.9 Å². The standard InChI is InChI=1S/C29H26O9/c1-18(35-26(32)21-14-8-4-9-15-21)23-25(38-27(33)22-16-10-5-11-17-22)29(34,28(37-23)36-19(2)30)24(31)20-12-6-3-7-13-20/h3-18,23,25,28,34H,1-2H3/t18-,23-,25-,28?,29-/m1/s1. The molecule has 0 aromatic heterocycles. The molecule has 1 aliphatic rings. The van der Waals surface area contributed by atoms with Crippen LogP contribution >= 0.6 is 0 Å². The lowest BCUT2D eigenvalue weighted by Gasteiger charge is -2.32. The number of ketones is 1. The van der Waals surface area contributed by atoms with Crippen LogP contribution in [0.4, 0.5) is 0 Å². The topological polar surface area (TPSA) is 125 Å². The maximum atomic E-state index is 13.7. The van der Waals surface area contributed by atoms with Crippen LogP contribution in [0.15, 0.2) is 91.0 Å². The first kappa shape index (κ1) is 26.7. The Hall–Kier alpha value is -4.34. The van der Waals surface area contributed by atoms with E-state index in [1.165, 1.54) is 31.2 Å². The average Bonchev–Trinajstić information content (AvgIpc) is 3.21. The van der Waals surface area contributed by atoms with Gasteiger partial charge >= 0.3 is 17.9 Å². The molecule has 196 valence electrons. The van der Waals surface area contributed by atoms with Crippen LogP contribution in [0.5, 0.6) is 0 Å². The van der Waals surface area contributed by atoms with E-state index in [0.717, 1.165) is 6.92 Å². The molecule has 9 nitrogen and oxygen atoms in total. The Morgan fingerprint density at radius 1 is 0.763 bits per heavy atom. The highest BCUT2D eigenvalue weighted by atomic mass is 16.7. The van der Waals surface area contributed by atoms with Gasteiger partial charge in [0.1, 0.15) is 12.2 Å². The van der Waals surface area contributed by atoms with E-state index < -0.39 is 53.9 Å². The van der Waals surface area contributed by atoms with Gasteiger partial charge in [0.15, 0.2) is 6.10 Å². The molecule has 0 amide bonds. The number of carbonyl (C=O) groups is 4. The van der Waals surface area contributed by atoms with Gasteiger partial charge in [-0.05, 0) is 31.2 Å². The maximum Gasteiger partial charge on any atom is 0.338 e. The van der Waals surface area contributed by atoms with Crippen molar-refractivity contribution in [2.75, 3.05) is 0 Å². The van der Waals surface area contributed by atoms with Crippen molar-refractivity contribution in [1.29, 1.82) is 0 Å². The predicted octanol–water partition coefficient (Wildman–Crippen LogP) is 3.36. The van der Waals surface area contributed by atoms with E-state index in [4.69, 9.17) is 18.9 Å². The van der Waals surface area contributed by atoms with Gasteiger partial charge < -0.3 is 24.1 Å². The molecule has 0 radical (unpaired) electrons. The van der Waals surface area contributed by atoms with E-state index >= 15 is 0 Å². The number of ether oxygens (including phenoxy) is 4. The fraction of sp³-hybridized carbons (Fsp3) is 0.241. The molecule has 4 rings (SSSR count). The molecule has 9 heteroatoms. The van der Waals surface area contributed by atoms with Crippen LogP contribution in [0.3, 0.4) is 0 Å². The molecule has 0 spiro atoms. The van der Waals surface area contributed by atoms with Crippen molar-refractivity contribution >= 4 is 23.7 Å². The molecule has 38 heavy (non-hydrogen) atoms. The molecule has 1 N–H and O–H groups in total. The highest BCUT2D eigenvalue weighted by Gasteiger charge is 2.66. The minimum atomic E-state index is -2.66. The molecule has 3 aromatic carbocycles. The van der Waals surface area contributed by atoms with Gasteiger partial charge in [0.2, 0.25) is 17.7 Å². The Bertz CT molecular complexity index is 1290. The molecule has 1 aliphatic heterocycles. The summed E-state index contributed by atoms with van der Waals surface area (Å²) in [5.74, 6) is -3.33. The van der Waals surface area contributed by atoms with Crippen LogP contribution in [-0.2, 0) is 23.7 Å². The Balaban J connectivity index is 1.73. The summed E-state index contributed by atoms with van der Waals surface area (Å²) < 4.78 is 22.2. The van der Waals surface area contributed by atoms with Crippen molar-refractivity contribution in [3.05, 3.63) is 108 Å². The number of benzene rings is 3. The first-order valence-electron chi connectivity index (χ1n) is 11.9. The Labute approximate surface area is 218 Å². The average molecular weight is 519 g/mol. The third-order valence-corrected chi connectivity index (χ3v) is 6.05. The number of rotatable bonds is 8. The molecule has 0 bridgehead atoms. The van der Waals surface area contributed by atoms with E-state index in [9.17, 15) is 24.3 Å². The van der Waals surface area contributed by atoms with E-state index in [2.05, 4.69) is 0 Å². The second-order valence-corrected chi connectivity index (χ2v) is 8.73. The molecule has 5 atom stereocenters. The number of carbonyl (C=O) groups excluding carboxylic acids is 4. The normalized spacial score (nSPS) is 23.2. The summed E-state index contributed by atoms with van der Waals surface area (Å²) in [4.78, 5) is 51.4. The minimum Gasteiger partial charge on any atom is -0.456 e. The number of hydrogen-bond acceptors (Lipinski definition) is 9. The van der Waals surface area contributed by atoms with Crippen LogP contribution < -0.4 is 0 Å². The molecule has 3 aromatic rings. The highest BCUT2D eigenvalue weighted by Crippen LogP contribution is 2.39. The van der Waals surface area contributed by atoms with Crippen LogP contribution in [-0.4, -0.2) is 59.0 Å². The van der Waals surface area contributed by atoms with Gasteiger partial charge in [-0.25, -0.2) is 9.59 Å². The number of Topliss-reactive ketones (excluding diaryl/α,β-unsaturated/α-hetero) is 1. The second-order valence-electron chi connectivity index (χ2n) is 8.73. The molecule has 1 saturated heterocycles. The van der Waals surface area contributed by atoms with Crippen molar-refractivity contribution in [1.82, 2.24) is 0 Å². The van der Waals surface area contributed by atoms with Gasteiger partial charge in [-0.15, -0.1) is 0 Å². The lowest BCUT2D eigenvalue weighted by molar-refractivity contribution is -0.201. The number of aliphatic hydroxyl groups is 1. The summed E-state index contributed by atoms with van der Waals surface area (Å²) in [6, 6.07) is 23.8. The van der Waals surface area contributed by atoms with Crippen molar-refractivity contribution in [3.63, 3.8) is 0 Å². The molecule has 1 heterocycles. The smallest absolute Gasteiger partial charge is 0.338 e. The van der Waals surface area contributed by atoms with Crippen molar-refractivity contribution < 1.29 is 43.2 Å². The van der Waals surface area contributed by atoms with E-state index in [1.54, 1.807) is 66.7 Å². The SMILES string of the molecule is CC(=O)OC1O[C@H]([C@@H](C)OC(=O)c2ccccc2)[C@@H](OC(=O)c2ccccc2)[C@]1(O)C(=O)c1ccccc1. The van der Waals surface area contributed by atoms with Crippen molar-refractivity contribution in [3.8, 4) is 0 Å². The maximum absolute atomic E-state index is 13.7. The Morgan fingerprint density at radius 2 is 1.24 bits per heavy atom.